The fourth-order valence-corrected chi connectivity index (χ4v) is 2.01. The lowest BCUT2D eigenvalue weighted by Gasteiger charge is -2.29. The predicted molar refractivity (Wildman–Crippen MR) is 69.9 cm³/mol. The van der Waals surface area contributed by atoms with Crippen LogP contribution in [0.3, 0.4) is 0 Å². The van der Waals surface area contributed by atoms with Gasteiger partial charge in [-0.25, -0.2) is 0 Å². The normalized spacial score (nSPS) is 14.8. The third kappa shape index (κ3) is 2.75. The molecule has 0 saturated carbocycles. The number of nitrogens with zero attached hydrogens (tertiary/aromatic N) is 1. The Morgan fingerprint density at radius 2 is 1.83 bits per heavy atom. The van der Waals surface area contributed by atoms with Crippen molar-refractivity contribution in [1.82, 2.24) is 0 Å². The Kier molecular flexibility index (Phi) is 4.22. The van der Waals surface area contributed by atoms with E-state index in [0.717, 1.165) is 6.42 Å². The van der Waals surface area contributed by atoms with E-state index < -0.39 is 10.5 Å². The minimum absolute atomic E-state index is 0.205. The Balaban J connectivity index is 3.27. The number of benzene rings is 1. The highest BCUT2D eigenvalue weighted by molar-refractivity contribution is 5.65. The number of nitro groups is 1. The van der Waals surface area contributed by atoms with E-state index in [0.29, 0.717) is 11.8 Å². The van der Waals surface area contributed by atoms with Gasteiger partial charge in [-0.1, -0.05) is 57.5 Å². The van der Waals surface area contributed by atoms with Crippen molar-refractivity contribution in [2.45, 2.75) is 39.2 Å². The van der Waals surface area contributed by atoms with Gasteiger partial charge in [0.25, 0.3) is 0 Å². The van der Waals surface area contributed by atoms with Crippen molar-refractivity contribution >= 4 is 6.29 Å². The summed E-state index contributed by atoms with van der Waals surface area (Å²) in [4.78, 5) is 22.4. The Bertz CT molecular complexity index is 428. The lowest BCUT2D eigenvalue weighted by atomic mass is 9.74. The molecule has 0 aliphatic rings. The number of carbonyl (C=O) groups is 1. The molecule has 0 aliphatic heterocycles. The third-order valence-electron chi connectivity index (χ3n) is 3.50. The van der Waals surface area contributed by atoms with Gasteiger partial charge in [0.2, 0.25) is 6.29 Å². The van der Waals surface area contributed by atoms with E-state index in [2.05, 4.69) is 0 Å². The van der Waals surface area contributed by atoms with E-state index in [4.69, 9.17) is 0 Å². The number of hydrogen-bond donors (Lipinski definition) is 0. The molecule has 0 heterocycles. The maximum Gasteiger partial charge on any atom is 0.301 e. The van der Waals surface area contributed by atoms with Gasteiger partial charge >= 0.3 is 5.54 Å². The summed E-state index contributed by atoms with van der Waals surface area (Å²) in [6, 6.07) is 8.50. The van der Waals surface area contributed by atoms with Crippen molar-refractivity contribution in [2.24, 2.45) is 5.41 Å². The molecule has 1 rings (SSSR count). The van der Waals surface area contributed by atoms with Crippen LogP contribution in [-0.4, -0.2) is 11.2 Å². The lowest BCUT2D eigenvalue weighted by molar-refractivity contribution is -0.562. The standard InChI is InChI=1S/C14H19NO3/c1-4-13(2,3)10-14(11-16,15(17)18)12-8-6-5-7-9-12/h5-9,11H,4,10H2,1-3H3. The SMILES string of the molecule is CCC(C)(C)CC(C=O)(c1ccccc1)[N+](=O)[O-]. The summed E-state index contributed by atoms with van der Waals surface area (Å²) in [6.07, 6.45) is 1.46. The van der Waals surface area contributed by atoms with Crippen LogP contribution < -0.4 is 0 Å². The molecule has 0 bridgehead atoms. The lowest BCUT2D eigenvalue weighted by Crippen LogP contribution is -2.41. The topological polar surface area (TPSA) is 60.2 Å². The van der Waals surface area contributed by atoms with Crippen molar-refractivity contribution in [3.05, 3.63) is 46.0 Å². The molecular weight excluding hydrogens is 230 g/mol. The first-order chi connectivity index (χ1) is 8.38. The van der Waals surface area contributed by atoms with Gasteiger partial charge in [-0.05, 0) is 5.41 Å². The largest absolute Gasteiger partial charge is 0.301 e. The molecule has 0 N–H and O–H groups in total. The van der Waals surface area contributed by atoms with Gasteiger partial charge in [-0.3, -0.25) is 14.9 Å². The molecule has 1 aromatic rings. The van der Waals surface area contributed by atoms with Crippen molar-refractivity contribution in [3.8, 4) is 0 Å². The van der Waals surface area contributed by atoms with Crippen LogP contribution in [0.1, 0.15) is 39.2 Å². The van der Waals surface area contributed by atoms with Crippen molar-refractivity contribution in [3.63, 3.8) is 0 Å². The zero-order valence-electron chi connectivity index (χ0n) is 11.1. The Labute approximate surface area is 107 Å². The van der Waals surface area contributed by atoms with E-state index in [-0.39, 0.29) is 11.8 Å². The second-order valence-corrected chi connectivity index (χ2v) is 5.36. The van der Waals surface area contributed by atoms with Crippen molar-refractivity contribution < 1.29 is 9.72 Å². The van der Waals surface area contributed by atoms with E-state index in [1.54, 1.807) is 30.3 Å². The number of aldehydes is 1. The minimum atomic E-state index is -1.64. The van der Waals surface area contributed by atoms with E-state index in [1.165, 1.54) is 0 Å². The third-order valence-corrected chi connectivity index (χ3v) is 3.50. The molecule has 0 aromatic heterocycles. The number of hydrogen-bond acceptors (Lipinski definition) is 3. The Morgan fingerprint density at radius 3 is 2.22 bits per heavy atom. The summed E-state index contributed by atoms with van der Waals surface area (Å²) in [5.74, 6) is 0. The molecule has 1 atom stereocenters. The maximum absolute atomic E-state index is 11.4. The van der Waals surface area contributed by atoms with Crippen molar-refractivity contribution in [1.29, 1.82) is 0 Å². The first kappa shape index (κ1) is 14.4. The molecule has 0 aliphatic carbocycles. The first-order valence-corrected chi connectivity index (χ1v) is 6.04. The average Bonchev–Trinajstić information content (AvgIpc) is 2.37. The summed E-state index contributed by atoms with van der Waals surface area (Å²) in [6.45, 7) is 5.86. The zero-order chi connectivity index (χ0) is 13.8. The van der Waals surface area contributed by atoms with Crippen LogP contribution in [0.25, 0.3) is 0 Å². The zero-order valence-corrected chi connectivity index (χ0v) is 11.1. The van der Waals surface area contributed by atoms with Crippen LogP contribution in [0, 0.1) is 15.5 Å². The van der Waals surface area contributed by atoms with Gasteiger partial charge in [0.05, 0.1) is 0 Å². The van der Waals surface area contributed by atoms with E-state index in [9.17, 15) is 14.9 Å². The highest BCUT2D eigenvalue weighted by atomic mass is 16.6. The molecule has 1 aromatic carbocycles. The number of carbonyl (C=O) groups excluding carboxylic acids is 1. The molecular formula is C14H19NO3. The number of rotatable bonds is 6. The summed E-state index contributed by atoms with van der Waals surface area (Å²) >= 11 is 0. The summed E-state index contributed by atoms with van der Waals surface area (Å²) < 4.78 is 0. The quantitative estimate of drug-likeness (QED) is 0.442. The molecule has 0 amide bonds. The molecule has 4 heteroatoms. The molecule has 18 heavy (non-hydrogen) atoms. The molecule has 98 valence electrons. The Morgan fingerprint density at radius 1 is 1.28 bits per heavy atom. The fourth-order valence-electron chi connectivity index (χ4n) is 2.01. The van der Waals surface area contributed by atoms with Crippen LogP contribution in [-0.2, 0) is 10.3 Å². The molecule has 0 fully saturated rings. The highest BCUT2D eigenvalue weighted by Crippen LogP contribution is 2.38. The molecule has 4 nitrogen and oxygen atoms in total. The molecule has 0 saturated heterocycles. The van der Waals surface area contributed by atoms with Crippen LogP contribution in [0.5, 0.6) is 0 Å². The van der Waals surface area contributed by atoms with Crippen molar-refractivity contribution in [2.75, 3.05) is 0 Å². The average molecular weight is 249 g/mol. The maximum atomic E-state index is 11.4. The van der Waals surface area contributed by atoms with Crippen LogP contribution in [0.4, 0.5) is 0 Å². The summed E-state index contributed by atoms with van der Waals surface area (Å²) in [7, 11) is 0. The van der Waals surface area contributed by atoms with Crippen LogP contribution in [0.2, 0.25) is 0 Å². The smallest absolute Gasteiger partial charge is 0.295 e. The Hall–Kier alpha value is -1.71. The highest BCUT2D eigenvalue weighted by Gasteiger charge is 2.48. The predicted octanol–water partition coefficient (Wildman–Crippen LogP) is 3.18. The first-order valence-electron chi connectivity index (χ1n) is 6.04. The van der Waals surface area contributed by atoms with Gasteiger partial charge in [0.1, 0.15) is 0 Å². The second kappa shape index (κ2) is 5.29. The van der Waals surface area contributed by atoms with Crippen LogP contribution in [0.15, 0.2) is 30.3 Å². The van der Waals surface area contributed by atoms with Crippen LogP contribution >= 0.6 is 0 Å². The molecule has 0 spiro atoms. The van der Waals surface area contributed by atoms with Gasteiger partial charge in [0, 0.05) is 16.9 Å². The van der Waals surface area contributed by atoms with Gasteiger partial charge in [0.15, 0.2) is 0 Å². The van der Waals surface area contributed by atoms with Gasteiger partial charge in [-0.15, -0.1) is 0 Å². The molecule has 0 radical (unpaired) electrons. The van der Waals surface area contributed by atoms with Gasteiger partial charge < -0.3 is 0 Å². The second-order valence-electron chi connectivity index (χ2n) is 5.36. The monoisotopic (exact) mass is 249 g/mol. The molecule has 1 unspecified atom stereocenters. The fraction of sp³-hybridized carbons (Fsp3) is 0.500. The summed E-state index contributed by atoms with van der Waals surface area (Å²) in [5, 5.41) is 11.4. The minimum Gasteiger partial charge on any atom is -0.295 e. The van der Waals surface area contributed by atoms with E-state index >= 15 is 0 Å². The van der Waals surface area contributed by atoms with E-state index in [1.807, 2.05) is 20.8 Å². The van der Waals surface area contributed by atoms with Gasteiger partial charge in [-0.2, -0.15) is 0 Å². The summed E-state index contributed by atoms with van der Waals surface area (Å²) in [5.41, 5.74) is -1.45.